The van der Waals surface area contributed by atoms with Gasteiger partial charge in [0.1, 0.15) is 0 Å². The summed E-state index contributed by atoms with van der Waals surface area (Å²) < 4.78 is 27.4. The second-order valence-electron chi connectivity index (χ2n) is 4.82. The average Bonchev–Trinajstić information content (AvgIpc) is 2.53. The third kappa shape index (κ3) is 4.41. The summed E-state index contributed by atoms with van der Waals surface area (Å²) in [7, 11) is -3.74. The maximum absolute atomic E-state index is 12.4. The van der Waals surface area contributed by atoms with E-state index in [9.17, 15) is 13.2 Å². The van der Waals surface area contributed by atoms with Crippen LogP contribution in [-0.4, -0.2) is 19.5 Å². The lowest BCUT2D eigenvalue weighted by Gasteiger charge is -2.11. The first kappa shape index (κ1) is 16.7. The van der Waals surface area contributed by atoms with Crippen molar-refractivity contribution < 1.29 is 18.4 Å². The lowest BCUT2D eigenvalue weighted by molar-refractivity contribution is -0.124. The van der Waals surface area contributed by atoms with Crippen molar-refractivity contribution in [1.29, 1.82) is 0 Å². The van der Waals surface area contributed by atoms with Crippen LogP contribution in [0.2, 0.25) is 0 Å². The van der Waals surface area contributed by atoms with Crippen LogP contribution in [0.4, 0.5) is 5.69 Å². The Morgan fingerprint density at radius 2 is 1.87 bits per heavy atom. The number of hydrogen-bond donors (Lipinski definition) is 3. The summed E-state index contributed by atoms with van der Waals surface area (Å²) in [5, 5.41) is 8.48. The summed E-state index contributed by atoms with van der Waals surface area (Å²) >= 11 is 0. The van der Waals surface area contributed by atoms with Crippen LogP contribution in [0.3, 0.4) is 0 Å². The van der Waals surface area contributed by atoms with Gasteiger partial charge in [-0.05, 0) is 42.3 Å². The third-order valence-corrected chi connectivity index (χ3v) is 4.39. The van der Waals surface area contributed by atoms with Gasteiger partial charge >= 0.3 is 0 Å². The Kier molecular flexibility index (Phi) is 5.15. The van der Waals surface area contributed by atoms with Gasteiger partial charge in [0.25, 0.3) is 15.9 Å². The summed E-state index contributed by atoms with van der Waals surface area (Å²) in [6.45, 7) is 1.81. The molecule has 120 valence electrons. The van der Waals surface area contributed by atoms with E-state index in [4.69, 9.17) is 5.21 Å². The van der Waals surface area contributed by atoms with Gasteiger partial charge in [-0.2, -0.15) is 0 Å². The molecule has 6 nitrogen and oxygen atoms in total. The van der Waals surface area contributed by atoms with E-state index in [2.05, 4.69) is 4.72 Å². The predicted molar refractivity (Wildman–Crippen MR) is 87.4 cm³/mol. The highest BCUT2D eigenvalue weighted by Crippen LogP contribution is 2.21. The molecule has 0 heterocycles. The minimum atomic E-state index is -3.74. The Labute approximate surface area is 134 Å². The number of rotatable bonds is 5. The highest BCUT2D eigenvalue weighted by atomic mass is 32.2. The van der Waals surface area contributed by atoms with Gasteiger partial charge in [-0.3, -0.25) is 14.7 Å². The van der Waals surface area contributed by atoms with Gasteiger partial charge in [-0.15, -0.1) is 0 Å². The van der Waals surface area contributed by atoms with E-state index >= 15 is 0 Å². The van der Waals surface area contributed by atoms with Crippen molar-refractivity contribution in [1.82, 2.24) is 5.48 Å². The van der Waals surface area contributed by atoms with Gasteiger partial charge in [0.15, 0.2) is 0 Å². The molecule has 0 saturated heterocycles. The lowest BCUT2D eigenvalue weighted by Crippen LogP contribution is -2.15. The fourth-order valence-corrected chi connectivity index (χ4v) is 3.12. The van der Waals surface area contributed by atoms with Crippen molar-refractivity contribution in [3.63, 3.8) is 0 Å². The molecule has 7 heteroatoms. The topological polar surface area (TPSA) is 95.5 Å². The number of carbonyl (C=O) groups is 1. The Bertz CT molecular complexity index is 845. The molecule has 0 saturated carbocycles. The van der Waals surface area contributed by atoms with Crippen molar-refractivity contribution in [2.75, 3.05) is 4.72 Å². The van der Waals surface area contributed by atoms with Crippen LogP contribution in [0.1, 0.15) is 11.1 Å². The normalized spacial score (nSPS) is 11.4. The average molecular weight is 332 g/mol. The fourth-order valence-electron chi connectivity index (χ4n) is 1.92. The number of hydroxylamine groups is 1. The summed E-state index contributed by atoms with van der Waals surface area (Å²) in [5.74, 6) is -0.707. The first-order valence-electron chi connectivity index (χ1n) is 6.73. The Morgan fingerprint density at radius 3 is 2.57 bits per heavy atom. The Morgan fingerprint density at radius 1 is 1.13 bits per heavy atom. The predicted octanol–water partition coefficient (Wildman–Crippen LogP) is 2.31. The van der Waals surface area contributed by atoms with Gasteiger partial charge in [-0.25, -0.2) is 13.9 Å². The van der Waals surface area contributed by atoms with Gasteiger partial charge in [0.05, 0.1) is 10.6 Å². The maximum atomic E-state index is 12.4. The molecule has 0 bridgehead atoms. The molecule has 0 aliphatic carbocycles. The molecule has 0 atom stereocenters. The first-order chi connectivity index (χ1) is 10.9. The molecule has 3 N–H and O–H groups in total. The van der Waals surface area contributed by atoms with Crippen LogP contribution < -0.4 is 10.2 Å². The smallest absolute Gasteiger partial charge is 0.267 e. The van der Waals surface area contributed by atoms with Crippen molar-refractivity contribution in [2.24, 2.45) is 0 Å². The van der Waals surface area contributed by atoms with Gasteiger partial charge in [-0.1, -0.05) is 30.3 Å². The molecule has 2 rings (SSSR count). The number of carbonyl (C=O) groups excluding carboxylic acids is 1. The van der Waals surface area contributed by atoms with Crippen LogP contribution >= 0.6 is 0 Å². The molecule has 0 aromatic heterocycles. The van der Waals surface area contributed by atoms with E-state index in [1.165, 1.54) is 17.6 Å². The molecular formula is C16H16N2O4S. The van der Waals surface area contributed by atoms with Crippen LogP contribution in [0.15, 0.2) is 59.5 Å². The van der Waals surface area contributed by atoms with Crippen LogP contribution in [0, 0.1) is 6.92 Å². The molecule has 0 fully saturated rings. The zero-order chi connectivity index (χ0) is 16.9. The number of benzene rings is 2. The summed E-state index contributed by atoms with van der Waals surface area (Å²) in [6.07, 6.45) is 2.50. The third-order valence-electron chi connectivity index (χ3n) is 3.03. The Balaban J connectivity index is 2.33. The molecule has 2 aromatic carbocycles. The Hall–Kier alpha value is -2.64. The summed E-state index contributed by atoms with van der Waals surface area (Å²) in [4.78, 5) is 11.2. The van der Waals surface area contributed by atoms with E-state index in [0.29, 0.717) is 11.3 Å². The quantitative estimate of drug-likeness (QED) is 0.445. The number of para-hydroxylation sites is 1. The highest BCUT2D eigenvalue weighted by molar-refractivity contribution is 7.92. The van der Waals surface area contributed by atoms with Crippen LogP contribution in [0.25, 0.3) is 6.08 Å². The summed E-state index contributed by atoms with van der Waals surface area (Å²) in [6, 6.07) is 13.2. The fraction of sp³-hybridized carbons (Fsp3) is 0.0625. The number of aryl methyl sites for hydroxylation is 1. The molecule has 0 aliphatic rings. The number of anilines is 1. The zero-order valence-electron chi connectivity index (χ0n) is 12.4. The van der Waals surface area contributed by atoms with Crippen molar-refractivity contribution in [2.45, 2.75) is 11.8 Å². The molecule has 1 amide bonds. The number of nitrogens with one attached hydrogen (secondary N) is 2. The van der Waals surface area contributed by atoms with Gasteiger partial charge < -0.3 is 0 Å². The van der Waals surface area contributed by atoms with Crippen LogP contribution in [-0.2, 0) is 14.8 Å². The van der Waals surface area contributed by atoms with E-state index in [-0.39, 0.29) is 4.90 Å². The molecule has 0 spiro atoms. The zero-order valence-corrected chi connectivity index (χ0v) is 13.2. The number of hydrogen-bond acceptors (Lipinski definition) is 4. The molecule has 0 radical (unpaired) electrons. The van der Waals surface area contributed by atoms with Crippen molar-refractivity contribution in [3.05, 3.63) is 65.7 Å². The molecular weight excluding hydrogens is 316 g/mol. The van der Waals surface area contributed by atoms with E-state index in [1.54, 1.807) is 36.4 Å². The SMILES string of the molecule is Cc1cccc(S(=O)(=O)Nc2ccccc2/C=C/C(=O)NO)c1. The molecule has 0 aliphatic heterocycles. The minimum Gasteiger partial charge on any atom is -0.288 e. The maximum Gasteiger partial charge on any atom is 0.267 e. The largest absolute Gasteiger partial charge is 0.288 e. The van der Waals surface area contributed by atoms with Gasteiger partial charge in [0, 0.05) is 6.08 Å². The van der Waals surface area contributed by atoms with Gasteiger partial charge in [0.2, 0.25) is 0 Å². The summed E-state index contributed by atoms with van der Waals surface area (Å²) in [5.41, 5.74) is 3.13. The first-order valence-corrected chi connectivity index (χ1v) is 8.21. The standard InChI is InChI=1S/C16H16N2O4S/c1-12-5-4-7-14(11-12)23(21,22)18-15-8-3-2-6-13(15)9-10-16(19)17-20/h2-11,18,20H,1H3,(H,17,19)/b10-9+. The second-order valence-corrected chi connectivity index (χ2v) is 6.50. The van der Waals surface area contributed by atoms with Crippen LogP contribution in [0.5, 0.6) is 0 Å². The molecule has 23 heavy (non-hydrogen) atoms. The van der Waals surface area contributed by atoms with E-state index in [1.807, 2.05) is 13.0 Å². The molecule has 2 aromatic rings. The highest BCUT2D eigenvalue weighted by Gasteiger charge is 2.15. The molecule has 0 unspecified atom stereocenters. The minimum absolute atomic E-state index is 0.157. The van der Waals surface area contributed by atoms with E-state index in [0.717, 1.165) is 11.6 Å². The lowest BCUT2D eigenvalue weighted by atomic mass is 10.1. The number of sulfonamides is 1. The van der Waals surface area contributed by atoms with Crippen molar-refractivity contribution in [3.8, 4) is 0 Å². The van der Waals surface area contributed by atoms with Crippen molar-refractivity contribution >= 4 is 27.7 Å². The second kappa shape index (κ2) is 7.08. The number of amides is 1. The monoisotopic (exact) mass is 332 g/mol. The van der Waals surface area contributed by atoms with E-state index < -0.39 is 15.9 Å².